The smallest absolute Gasteiger partial charge is 0.302 e. The molecule has 3 aliphatic rings. The molecule has 154 valence electrons. The zero-order valence-electron chi connectivity index (χ0n) is 17.8. The Balaban J connectivity index is 1.68. The van der Waals surface area contributed by atoms with E-state index >= 15 is 0 Å². The summed E-state index contributed by atoms with van der Waals surface area (Å²) in [6, 6.07) is 5.57. The second-order valence-corrected chi connectivity index (χ2v) is 8.18. The van der Waals surface area contributed by atoms with Crippen LogP contribution in [0.3, 0.4) is 0 Å². The van der Waals surface area contributed by atoms with Crippen molar-refractivity contribution in [1.29, 1.82) is 0 Å². The number of guanidine groups is 1. The number of aryl methyl sites for hydroxylation is 2. The number of hydrogen-bond acceptors (Lipinski definition) is 5. The lowest BCUT2D eigenvalue weighted by Crippen LogP contribution is -2.64. The van der Waals surface area contributed by atoms with Gasteiger partial charge in [-0.15, -0.1) is 0 Å². The molecule has 0 spiro atoms. The SMILES string of the molecule is CCCCCN1C(=O)C2C(N=C3N(c4cc(C)ccc4C)C(C)=CN32)N(C)C1=O. The molecule has 4 rings (SSSR count). The molecule has 1 aromatic carbocycles. The van der Waals surface area contributed by atoms with Crippen LogP contribution in [0.25, 0.3) is 0 Å². The van der Waals surface area contributed by atoms with E-state index in [1.807, 2.05) is 18.0 Å². The average molecular weight is 396 g/mol. The number of likely N-dealkylation sites (N-methyl/N-ethyl adjacent to an activating group) is 1. The molecule has 2 atom stereocenters. The van der Waals surface area contributed by atoms with Crippen molar-refractivity contribution in [1.82, 2.24) is 14.7 Å². The van der Waals surface area contributed by atoms with E-state index < -0.39 is 12.2 Å². The first-order valence-corrected chi connectivity index (χ1v) is 10.3. The fourth-order valence-corrected chi connectivity index (χ4v) is 4.34. The number of aliphatic imine (C=N–C) groups is 1. The molecule has 0 bridgehead atoms. The minimum Gasteiger partial charge on any atom is -0.302 e. The first-order valence-electron chi connectivity index (χ1n) is 10.3. The maximum Gasteiger partial charge on any atom is 0.328 e. The summed E-state index contributed by atoms with van der Waals surface area (Å²) in [6.07, 6.45) is 4.36. The van der Waals surface area contributed by atoms with Gasteiger partial charge in [-0.1, -0.05) is 31.9 Å². The van der Waals surface area contributed by atoms with Gasteiger partial charge >= 0.3 is 6.03 Å². The van der Waals surface area contributed by atoms with Crippen LogP contribution >= 0.6 is 0 Å². The van der Waals surface area contributed by atoms with Crippen LogP contribution in [0, 0.1) is 13.8 Å². The number of anilines is 1. The maximum atomic E-state index is 13.3. The molecule has 0 aromatic heterocycles. The van der Waals surface area contributed by atoms with Gasteiger partial charge in [-0.2, -0.15) is 0 Å². The normalized spacial score (nSPS) is 23.5. The summed E-state index contributed by atoms with van der Waals surface area (Å²) in [5.41, 5.74) is 4.37. The van der Waals surface area contributed by atoms with E-state index in [0.717, 1.165) is 42.2 Å². The van der Waals surface area contributed by atoms with Crippen LogP contribution < -0.4 is 4.90 Å². The molecule has 0 radical (unpaired) electrons. The predicted molar refractivity (Wildman–Crippen MR) is 113 cm³/mol. The number of allylic oxidation sites excluding steroid dienone is 1. The second kappa shape index (κ2) is 7.21. The minimum atomic E-state index is -0.501. The third-order valence-electron chi connectivity index (χ3n) is 5.98. The van der Waals surface area contributed by atoms with Gasteiger partial charge in [-0.05, 0) is 44.4 Å². The first-order chi connectivity index (χ1) is 13.8. The number of rotatable bonds is 5. The summed E-state index contributed by atoms with van der Waals surface area (Å²) in [5.74, 6) is 0.564. The van der Waals surface area contributed by atoms with Crippen molar-refractivity contribution >= 4 is 23.6 Å². The van der Waals surface area contributed by atoms with E-state index in [2.05, 4.69) is 43.9 Å². The van der Waals surface area contributed by atoms with Crippen molar-refractivity contribution in [3.05, 3.63) is 41.2 Å². The first kappa shape index (κ1) is 19.5. The summed E-state index contributed by atoms with van der Waals surface area (Å²) in [4.78, 5) is 38.0. The highest BCUT2D eigenvalue weighted by Gasteiger charge is 2.54. The number of imide groups is 1. The molecular formula is C22H29N5O2. The lowest BCUT2D eigenvalue weighted by atomic mass is 10.1. The molecule has 1 saturated heterocycles. The van der Waals surface area contributed by atoms with Gasteiger partial charge in [0.2, 0.25) is 5.96 Å². The molecule has 3 heterocycles. The number of amides is 3. The van der Waals surface area contributed by atoms with Gasteiger partial charge in [0.05, 0.1) is 5.69 Å². The van der Waals surface area contributed by atoms with E-state index in [1.54, 1.807) is 11.9 Å². The molecule has 2 unspecified atom stereocenters. The van der Waals surface area contributed by atoms with Gasteiger partial charge in [-0.25, -0.2) is 9.79 Å². The van der Waals surface area contributed by atoms with Gasteiger partial charge in [-0.3, -0.25) is 14.6 Å². The highest BCUT2D eigenvalue weighted by Crippen LogP contribution is 2.37. The maximum absolute atomic E-state index is 13.3. The van der Waals surface area contributed by atoms with Crippen LogP contribution in [-0.4, -0.2) is 58.4 Å². The van der Waals surface area contributed by atoms with Crippen molar-refractivity contribution in [3.63, 3.8) is 0 Å². The number of urea groups is 1. The van der Waals surface area contributed by atoms with Gasteiger partial charge in [0.1, 0.15) is 0 Å². The number of carbonyl (C=O) groups excluding carboxylic acids is 2. The molecule has 29 heavy (non-hydrogen) atoms. The molecule has 3 amide bonds. The third kappa shape index (κ3) is 2.99. The average Bonchev–Trinajstić information content (AvgIpc) is 3.19. The molecule has 0 aliphatic carbocycles. The van der Waals surface area contributed by atoms with Gasteiger partial charge in [0.15, 0.2) is 12.2 Å². The van der Waals surface area contributed by atoms with Gasteiger partial charge < -0.3 is 9.80 Å². The number of nitrogens with zero attached hydrogens (tertiary/aromatic N) is 5. The molecule has 3 aliphatic heterocycles. The zero-order valence-corrected chi connectivity index (χ0v) is 17.8. The molecule has 7 heteroatoms. The lowest BCUT2D eigenvalue weighted by molar-refractivity contribution is -0.136. The number of benzene rings is 1. The fourth-order valence-electron chi connectivity index (χ4n) is 4.34. The largest absolute Gasteiger partial charge is 0.328 e. The van der Waals surface area contributed by atoms with Crippen molar-refractivity contribution in [3.8, 4) is 0 Å². The lowest BCUT2D eigenvalue weighted by Gasteiger charge is -2.40. The Morgan fingerprint density at radius 3 is 2.59 bits per heavy atom. The van der Waals surface area contributed by atoms with Gasteiger partial charge in [0.25, 0.3) is 5.91 Å². The monoisotopic (exact) mass is 395 g/mol. The molecule has 7 nitrogen and oxygen atoms in total. The van der Waals surface area contributed by atoms with Crippen LogP contribution in [-0.2, 0) is 4.79 Å². The summed E-state index contributed by atoms with van der Waals surface area (Å²) in [7, 11) is 1.74. The van der Waals surface area contributed by atoms with Crippen LogP contribution in [0.15, 0.2) is 35.1 Å². The molecule has 0 saturated carbocycles. The van der Waals surface area contributed by atoms with E-state index in [9.17, 15) is 9.59 Å². The number of unbranched alkanes of at least 4 members (excludes halogenated alkanes) is 2. The molecule has 1 fully saturated rings. The molecular weight excluding hydrogens is 366 g/mol. The Labute approximate surface area is 172 Å². The van der Waals surface area contributed by atoms with Crippen molar-refractivity contribution < 1.29 is 9.59 Å². The predicted octanol–water partition coefficient (Wildman–Crippen LogP) is 3.44. The standard InChI is InChI=1S/C22H29N5O2/c1-6-7-8-11-25-20(28)18-19(24(5)22(25)29)23-21-26(18)13-16(4)27(21)17-12-14(2)9-10-15(17)3/h9-10,12-13,18-19H,6-8,11H2,1-5H3. The zero-order chi connectivity index (χ0) is 20.9. The van der Waals surface area contributed by atoms with Crippen LogP contribution in [0.2, 0.25) is 0 Å². The topological polar surface area (TPSA) is 59.5 Å². The Bertz CT molecular complexity index is 922. The Kier molecular flexibility index (Phi) is 4.84. The van der Waals surface area contributed by atoms with Crippen molar-refractivity contribution in [2.24, 2.45) is 4.99 Å². The summed E-state index contributed by atoms with van der Waals surface area (Å²) in [6.45, 7) is 8.74. The Morgan fingerprint density at radius 2 is 1.86 bits per heavy atom. The van der Waals surface area contributed by atoms with Gasteiger partial charge in [0, 0.05) is 25.5 Å². The summed E-state index contributed by atoms with van der Waals surface area (Å²) >= 11 is 0. The van der Waals surface area contributed by atoms with E-state index in [-0.39, 0.29) is 11.9 Å². The minimum absolute atomic E-state index is 0.153. The number of hydrogen-bond donors (Lipinski definition) is 0. The molecule has 1 aromatic rings. The number of fused-ring (bicyclic) bond motifs is 3. The fraction of sp³-hybridized carbons (Fsp3) is 0.500. The van der Waals surface area contributed by atoms with E-state index in [4.69, 9.17) is 4.99 Å². The van der Waals surface area contributed by atoms with Crippen molar-refractivity contribution in [2.75, 3.05) is 18.5 Å². The van der Waals surface area contributed by atoms with Crippen LogP contribution in [0.1, 0.15) is 44.2 Å². The quantitative estimate of drug-likeness (QED) is 0.717. The number of carbonyl (C=O) groups is 2. The second-order valence-electron chi connectivity index (χ2n) is 8.18. The van der Waals surface area contributed by atoms with E-state index in [1.165, 1.54) is 10.5 Å². The highest BCUT2D eigenvalue weighted by molar-refractivity contribution is 6.10. The Morgan fingerprint density at radius 1 is 1.10 bits per heavy atom. The van der Waals surface area contributed by atoms with Crippen LogP contribution in [0.5, 0.6) is 0 Å². The summed E-state index contributed by atoms with van der Waals surface area (Å²) < 4.78 is 0. The highest BCUT2D eigenvalue weighted by atomic mass is 16.2. The van der Waals surface area contributed by atoms with Crippen LogP contribution in [0.4, 0.5) is 10.5 Å². The van der Waals surface area contributed by atoms with Crippen molar-refractivity contribution in [2.45, 2.75) is 59.2 Å². The Hall–Kier alpha value is -2.83. The molecule has 0 N–H and O–H groups in total. The third-order valence-corrected chi connectivity index (χ3v) is 5.98. The van der Waals surface area contributed by atoms with E-state index in [0.29, 0.717) is 6.54 Å². The summed E-state index contributed by atoms with van der Waals surface area (Å²) in [5, 5.41) is 0.